The van der Waals surface area contributed by atoms with Crippen LogP contribution in [0.3, 0.4) is 0 Å². The number of aliphatic hydroxyl groups excluding tert-OH is 3. The third kappa shape index (κ3) is 11.7. The molecular formula is C51H90O7. The summed E-state index contributed by atoms with van der Waals surface area (Å²) in [4.78, 5) is 13.1. The predicted octanol–water partition coefficient (Wildman–Crippen LogP) is 11.9. The van der Waals surface area contributed by atoms with Crippen LogP contribution in [0.2, 0.25) is 0 Å². The van der Waals surface area contributed by atoms with Gasteiger partial charge in [-0.3, -0.25) is 4.79 Å². The molecule has 336 valence electrons. The van der Waals surface area contributed by atoms with Crippen molar-refractivity contribution in [2.45, 2.75) is 246 Å². The zero-order valence-electron chi connectivity index (χ0n) is 38.4. The quantitative estimate of drug-likeness (QED) is 0.0506. The van der Waals surface area contributed by atoms with Gasteiger partial charge in [-0.1, -0.05) is 150 Å². The normalized spacial score (nSPS) is 37.1. The third-order valence-electron chi connectivity index (χ3n) is 17.2. The first-order valence-corrected chi connectivity index (χ1v) is 25.0. The van der Waals surface area contributed by atoms with Gasteiger partial charge in [-0.25, -0.2) is 0 Å². The van der Waals surface area contributed by atoms with Crippen molar-refractivity contribution in [3.8, 4) is 0 Å². The molecule has 0 aromatic carbocycles. The summed E-state index contributed by atoms with van der Waals surface area (Å²) < 4.78 is 18.5. The first-order chi connectivity index (χ1) is 27.9. The lowest BCUT2D eigenvalue weighted by Gasteiger charge is -2.58. The van der Waals surface area contributed by atoms with Crippen LogP contribution in [0.4, 0.5) is 0 Å². The SMILES string of the molecule is CCCCCCCCCCCCCCCC(=O)O[C@H]1[C@H](O[C@H]2CC[C@@]3(C)C(=CCC4[C@@H]5CC[C@H](C(C)CC[C@@H](CC)C(C)C)[C@@]5(C)CC[C@@H]43)C2)O[C@H](CO)[C@@H](O)[C@@H]1O. The number of allylic oxidation sites excluding steroid dienone is 1. The van der Waals surface area contributed by atoms with E-state index in [0.717, 1.165) is 80.5 Å². The maximum absolute atomic E-state index is 13.1. The topological polar surface area (TPSA) is 105 Å². The molecule has 5 rings (SSSR count). The summed E-state index contributed by atoms with van der Waals surface area (Å²) in [5.41, 5.74) is 2.12. The van der Waals surface area contributed by atoms with Crippen molar-refractivity contribution in [3.63, 3.8) is 0 Å². The average Bonchev–Trinajstić information content (AvgIpc) is 3.56. The van der Waals surface area contributed by atoms with Crippen LogP contribution in [0, 0.1) is 52.3 Å². The molecule has 4 fully saturated rings. The molecule has 14 atom stereocenters. The fourth-order valence-electron chi connectivity index (χ4n) is 13.4. The molecule has 0 amide bonds. The summed E-state index contributed by atoms with van der Waals surface area (Å²) in [6.45, 7) is 16.8. The smallest absolute Gasteiger partial charge is 0.306 e. The van der Waals surface area contributed by atoms with Crippen LogP contribution >= 0.6 is 0 Å². The van der Waals surface area contributed by atoms with Crippen LogP contribution in [-0.4, -0.2) is 64.7 Å². The second-order valence-corrected chi connectivity index (χ2v) is 21.1. The maximum atomic E-state index is 13.1. The number of ether oxygens (including phenoxy) is 3. The van der Waals surface area contributed by atoms with Gasteiger partial charge in [-0.15, -0.1) is 0 Å². The number of unbranched alkanes of at least 4 members (excludes halogenated alkanes) is 12. The summed E-state index contributed by atoms with van der Waals surface area (Å²) in [5, 5.41) is 31.9. The van der Waals surface area contributed by atoms with Crippen LogP contribution < -0.4 is 0 Å². The molecule has 1 heterocycles. The Labute approximate surface area is 355 Å². The van der Waals surface area contributed by atoms with Gasteiger partial charge in [0.05, 0.1) is 12.7 Å². The van der Waals surface area contributed by atoms with Crippen molar-refractivity contribution in [2.75, 3.05) is 6.61 Å². The molecule has 0 spiro atoms. The van der Waals surface area contributed by atoms with Gasteiger partial charge in [0, 0.05) is 6.42 Å². The molecule has 1 saturated heterocycles. The minimum absolute atomic E-state index is 0.145. The summed E-state index contributed by atoms with van der Waals surface area (Å²) in [6, 6.07) is 0. The highest BCUT2D eigenvalue weighted by atomic mass is 16.7. The van der Waals surface area contributed by atoms with Crippen LogP contribution in [0.5, 0.6) is 0 Å². The molecule has 0 aromatic heterocycles. The van der Waals surface area contributed by atoms with Crippen LogP contribution in [0.25, 0.3) is 0 Å². The molecule has 2 unspecified atom stereocenters. The number of carbonyl (C=O) groups excluding carboxylic acids is 1. The van der Waals surface area contributed by atoms with E-state index in [0.29, 0.717) is 11.3 Å². The van der Waals surface area contributed by atoms with Crippen LogP contribution in [0.15, 0.2) is 11.6 Å². The fourth-order valence-corrected chi connectivity index (χ4v) is 13.4. The van der Waals surface area contributed by atoms with Crippen LogP contribution in [0.1, 0.15) is 209 Å². The molecule has 0 bridgehead atoms. The first kappa shape index (κ1) is 48.0. The summed E-state index contributed by atoms with van der Waals surface area (Å²) in [6.07, 6.45) is 26.1. The number of hydrogen-bond acceptors (Lipinski definition) is 7. The monoisotopic (exact) mass is 815 g/mol. The predicted molar refractivity (Wildman–Crippen MR) is 235 cm³/mol. The Morgan fingerprint density at radius 1 is 0.828 bits per heavy atom. The number of rotatable bonds is 24. The Hall–Kier alpha value is -0.990. The van der Waals surface area contributed by atoms with E-state index >= 15 is 0 Å². The standard InChI is InChI=1S/C51H90O7/c1-8-10-11-12-13-14-15-16-17-18-19-20-21-22-45(53)58-48-47(55)46(54)44(34-52)57-49(48)56-39-29-31-50(6)38(33-39)25-26-40-42-28-27-41(51(42,7)32-30-43(40)50)36(5)23-24-37(9-2)35(3)4/h25,35-37,39-44,46-49,52,54-55H,8-24,26-34H2,1-7H3/t36?,37-,39+,40?,41-,42+,43+,44-,46-,47+,48-,49-,50+,51-/m1/s1. The maximum Gasteiger partial charge on any atom is 0.306 e. The minimum atomic E-state index is -1.40. The van der Waals surface area contributed by atoms with Crippen molar-refractivity contribution >= 4 is 5.97 Å². The van der Waals surface area contributed by atoms with E-state index in [-0.39, 0.29) is 17.9 Å². The molecule has 3 N–H and O–H groups in total. The number of fused-ring (bicyclic) bond motifs is 5. The van der Waals surface area contributed by atoms with E-state index in [1.807, 2.05) is 0 Å². The van der Waals surface area contributed by atoms with Crippen molar-refractivity contribution in [1.29, 1.82) is 0 Å². The van der Waals surface area contributed by atoms with Gasteiger partial charge in [0.2, 0.25) is 0 Å². The molecule has 0 radical (unpaired) electrons. The lowest BCUT2D eigenvalue weighted by Crippen LogP contribution is -2.61. The summed E-state index contributed by atoms with van der Waals surface area (Å²) in [7, 11) is 0. The lowest BCUT2D eigenvalue weighted by atomic mass is 9.47. The molecule has 5 aliphatic rings. The van der Waals surface area contributed by atoms with Crippen molar-refractivity contribution in [3.05, 3.63) is 11.6 Å². The zero-order valence-corrected chi connectivity index (χ0v) is 38.4. The highest BCUT2D eigenvalue weighted by Gasteiger charge is 2.59. The van der Waals surface area contributed by atoms with Gasteiger partial charge in [0.1, 0.15) is 18.3 Å². The van der Waals surface area contributed by atoms with Gasteiger partial charge >= 0.3 is 5.97 Å². The molecule has 7 heteroatoms. The molecule has 0 aromatic rings. The Balaban J connectivity index is 1.10. The van der Waals surface area contributed by atoms with Crippen molar-refractivity contribution in [2.24, 2.45) is 52.3 Å². The number of hydrogen-bond donors (Lipinski definition) is 3. The van der Waals surface area contributed by atoms with E-state index < -0.39 is 43.3 Å². The van der Waals surface area contributed by atoms with Gasteiger partial charge in [-0.2, -0.15) is 0 Å². The highest BCUT2D eigenvalue weighted by Crippen LogP contribution is 2.67. The summed E-state index contributed by atoms with van der Waals surface area (Å²) >= 11 is 0. The lowest BCUT2D eigenvalue weighted by molar-refractivity contribution is -0.315. The molecule has 58 heavy (non-hydrogen) atoms. The minimum Gasteiger partial charge on any atom is -0.454 e. The molecule has 7 nitrogen and oxygen atoms in total. The van der Waals surface area contributed by atoms with Gasteiger partial charge in [-0.05, 0) is 116 Å². The first-order valence-electron chi connectivity index (χ1n) is 25.0. The third-order valence-corrected chi connectivity index (χ3v) is 17.2. The van der Waals surface area contributed by atoms with E-state index in [9.17, 15) is 20.1 Å². The Bertz CT molecular complexity index is 1250. The summed E-state index contributed by atoms with van der Waals surface area (Å²) in [5.74, 6) is 5.13. The van der Waals surface area contributed by atoms with Gasteiger partial charge in [0.25, 0.3) is 0 Å². The van der Waals surface area contributed by atoms with E-state index in [4.69, 9.17) is 14.2 Å². The van der Waals surface area contributed by atoms with E-state index in [1.165, 1.54) is 115 Å². The largest absolute Gasteiger partial charge is 0.454 e. The molecule has 4 aliphatic carbocycles. The van der Waals surface area contributed by atoms with E-state index in [2.05, 4.69) is 54.5 Å². The number of esters is 1. The molecule has 1 aliphatic heterocycles. The van der Waals surface area contributed by atoms with Crippen molar-refractivity contribution in [1.82, 2.24) is 0 Å². The Morgan fingerprint density at radius 2 is 1.48 bits per heavy atom. The highest BCUT2D eigenvalue weighted by molar-refractivity contribution is 5.69. The number of aliphatic hydroxyl groups is 3. The second kappa shape index (κ2) is 22.9. The molecular weight excluding hydrogens is 725 g/mol. The Morgan fingerprint density at radius 3 is 2.10 bits per heavy atom. The zero-order chi connectivity index (χ0) is 41.9. The Kier molecular flexibility index (Phi) is 19.0. The second-order valence-electron chi connectivity index (χ2n) is 21.1. The van der Waals surface area contributed by atoms with Gasteiger partial charge in [0.15, 0.2) is 12.4 Å². The molecule has 3 saturated carbocycles. The van der Waals surface area contributed by atoms with Crippen LogP contribution in [-0.2, 0) is 19.0 Å². The fraction of sp³-hybridized carbons (Fsp3) is 0.941. The van der Waals surface area contributed by atoms with Crippen molar-refractivity contribution < 1.29 is 34.3 Å². The average molecular weight is 815 g/mol. The van der Waals surface area contributed by atoms with E-state index in [1.54, 1.807) is 0 Å². The van der Waals surface area contributed by atoms with Gasteiger partial charge < -0.3 is 29.5 Å². The number of carbonyl (C=O) groups is 1.